The molecule has 3 rings (SSSR count). The number of hydrogen-bond acceptors (Lipinski definition) is 3. The average molecular weight is 225 g/mol. The zero-order chi connectivity index (χ0) is 11.7. The van der Waals surface area contributed by atoms with Crippen molar-refractivity contribution in [3.8, 4) is 22.6 Å². The zero-order valence-electron chi connectivity index (χ0n) is 9.31. The SMILES string of the molecule is Cc1[nH]ncc1-c1ccc(-c2ncc[nH]2)nc1. The normalized spacial score (nSPS) is 10.6. The Hall–Kier alpha value is -2.43. The molecule has 0 amide bonds. The molecule has 2 N–H and O–H groups in total. The van der Waals surface area contributed by atoms with Gasteiger partial charge in [-0.1, -0.05) is 6.07 Å². The summed E-state index contributed by atoms with van der Waals surface area (Å²) in [5.74, 6) is 0.778. The lowest BCUT2D eigenvalue weighted by molar-refractivity contribution is 1.05. The Labute approximate surface area is 98.0 Å². The number of H-pyrrole nitrogens is 2. The molecule has 0 saturated carbocycles. The summed E-state index contributed by atoms with van der Waals surface area (Å²) in [6.45, 7) is 1.99. The number of nitrogens with one attached hydrogen (secondary N) is 2. The minimum absolute atomic E-state index is 0.778. The maximum Gasteiger partial charge on any atom is 0.155 e. The Bertz CT molecular complexity index is 607. The highest BCUT2D eigenvalue weighted by molar-refractivity contribution is 5.65. The van der Waals surface area contributed by atoms with Crippen LogP contribution < -0.4 is 0 Å². The van der Waals surface area contributed by atoms with E-state index >= 15 is 0 Å². The Morgan fingerprint density at radius 3 is 2.65 bits per heavy atom. The third-order valence-electron chi connectivity index (χ3n) is 2.65. The number of pyridine rings is 1. The van der Waals surface area contributed by atoms with Gasteiger partial charge in [-0.25, -0.2) is 4.98 Å². The maximum absolute atomic E-state index is 4.38. The summed E-state index contributed by atoms with van der Waals surface area (Å²) >= 11 is 0. The number of aryl methyl sites for hydroxylation is 1. The van der Waals surface area contributed by atoms with Gasteiger partial charge in [-0.15, -0.1) is 0 Å². The highest BCUT2D eigenvalue weighted by Gasteiger charge is 2.06. The lowest BCUT2D eigenvalue weighted by Crippen LogP contribution is -1.87. The molecule has 0 atom stereocenters. The quantitative estimate of drug-likeness (QED) is 0.702. The van der Waals surface area contributed by atoms with E-state index in [1.807, 2.05) is 25.3 Å². The first-order valence-corrected chi connectivity index (χ1v) is 5.31. The molecule has 0 aromatic carbocycles. The number of rotatable bonds is 2. The molecule has 0 fully saturated rings. The number of imidazole rings is 1. The molecule has 17 heavy (non-hydrogen) atoms. The Kier molecular flexibility index (Phi) is 2.22. The van der Waals surface area contributed by atoms with E-state index in [1.165, 1.54) is 0 Å². The summed E-state index contributed by atoms with van der Waals surface area (Å²) in [6, 6.07) is 3.96. The molecule has 3 heterocycles. The summed E-state index contributed by atoms with van der Waals surface area (Å²) in [7, 11) is 0. The number of hydrogen-bond donors (Lipinski definition) is 2. The summed E-state index contributed by atoms with van der Waals surface area (Å²) < 4.78 is 0. The monoisotopic (exact) mass is 225 g/mol. The van der Waals surface area contributed by atoms with E-state index in [0.29, 0.717) is 0 Å². The molecule has 0 aliphatic rings. The van der Waals surface area contributed by atoms with Gasteiger partial charge in [0.15, 0.2) is 5.82 Å². The van der Waals surface area contributed by atoms with Crippen molar-refractivity contribution >= 4 is 0 Å². The molecular weight excluding hydrogens is 214 g/mol. The number of aromatic amines is 2. The van der Waals surface area contributed by atoms with Gasteiger partial charge in [-0.05, 0) is 13.0 Å². The van der Waals surface area contributed by atoms with Crippen LogP contribution in [0.25, 0.3) is 22.6 Å². The molecule has 5 nitrogen and oxygen atoms in total. The van der Waals surface area contributed by atoms with E-state index in [9.17, 15) is 0 Å². The number of nitrogens with zero attached hydrogens (tertiary/aromatic N) is 3. The Morgan fingerprint density at radius 1 is 1.12 bits per heavy atom. The molecular formula is C12H11N5. The summed E-state index contributed by atoms with van der Waals surface area (Å²) in [5, 5.41) is 6.91. The van der Waals surface area contributed by atoms with Gasteiger partial charge in [0.25, 0.3) is 0 Å². The first kappa shape index (κ1) is 9.77. The minimum atomic E-state index is 0.778. The highest BCUT2D eigenvalue weighted by Crippen LogP contribution is 2.22. The molecule has 3 aromatic rings. The molecule has 0 spiro atoms. The third-order valence-corrected chi connectivity index (χ3v) is 2.65. The van der Waals surface area contributed by atoms with E-state index in [1.54, 1.807) is 18.6 Å². The van der Waals surface area contributed by atoms with Crippen LogP contribution in [0, 0.1) is 6.92 Å². The van der Waals surface area contributed by atoms with Gasteiger partial charge in [-0.3, -0.25) is 10.1 Å². The third kappa shape index (κ3) is 1.71. The molecule has 0 unspecified atom stereocenters. The van der Waals surface area contributed by atoms with Gasteiger partial charge in [0.1, 0.15) is 5.69 Å². The molecule has 5 heteroatoms. The predicted octanol–water partition coefficient (Wildman–Crippen LogP) is 2.17. The second-order valence-corrected chi connectivity index (χ2v) is 3.78. The highest BCUT2D eigenvalue weighted by atomic mass is 15.1. The van der Waals surface area contributed by atoms with Crippen LogP contribution in [0.1, 0.15) is 5.69 Å². The van der Waals surface area contributed by atoms with Crippen LogP contribution in [0.2, 0.25) is 0 Å². The van der Waals surface area contributed by atoms with Crippen molar-refractivity contribution in [2.45, 2.75) is 6.92 Å². The fourth-order valence-electron chi connectivity index (χ4n) is 1.74. The van der Waals surface area contributed by atoms with E-state index in [0.717, 1.165) is 28.3 Å². The van der Waals surface area contributed by atoms with E-state index in [-0.39, 0.29) is 0 Å². The first-order valence-electron chi connectivity index (χ1n) is 5.31. The second kappa shape index (κ2) is 3.86. The first-order chi connectivity index (χ1) is 8.34. The zero-order valence-corrected chi connectivity index (χ0v) is 9.31. The van der Waals surface area contributed by atoms with E-state index < -0.39 is 0 Å². The second-order valence-electron chi connectivity index (χ2n) is 3.78. The average Bonchev–Trinajstić information content (AvgIpc) is 3.00. The lowest BCUT2D eigenvalue weighted by atomic mass is 10.1. The topological polar surface area (TPSA) is 70.2 Å². The molecule has 0 saturated heterocycles. The Morgan fingerprint density at radius 2 is 2.06 bits per heavy atom. The van der Waals surface area contributed by atoms with E-state index in [2.05, 4.69) is 25.1 Å². The number of aromatic nitrogens is 5. The van der Waals surface area contributed by atoms with Crippen LogP contribution in [0.4, 0.5) is 0 Å². The van der Waals surface area contributed by atoms with Crippen molar-refractivity contribution in [1.82, 2.24) is 25.1 Å². The van der Waals surface area contributed by atoms with Crippen LogP contribution in [0.15, 0.2) is 36.9 Å². The van der Waals surface area contributed by atoms with Crippen LogP contribution >= 0.6 is 0 Å². The van der Waals surface area contributed by atoms with Crippen LogP contribution in [-0.2, 0) is 0 Å². The van der Waals surface area contributed by atoms with Crippen LogP contribution in [0.3, 0.4) is 0 Å². The lowest BCUT2D eigenvalue weighted by Gasteiger charge is -2.00. The summed E-state index contributed by atoms with van der Waals surface area (Å²) in [4.78, 5) is 11.6. The molecule has 0 radical (unpaired) electrons. The van der Waals surface area contributed by atoms with Crippen LogP contribution in [0.5, 0.6) is 0 Å². The Balaban J connectivity index is 1.99. The van der Waals surface area contributed by atoms with Gasteiger partial charge in [0.2, 0.25) is 0 Å². The largest absolute Gasteiger partial charge is 0.343 e. The van der Waals surface area contributed by atoms with Crippen molar-refractivity contribution in [2.24, 2.45) is 0 Å². The summed E-state index contributed by atoms with van der Waals surface area (Å²) in [6.07, 6.45) is 7.13. The van der Waals surface area contributed by atoms with Crippen molar-refractivity contribution in [2.75, 3.05) is 0 Å². The fraction of sp³-hybridized carbons (Fsp3) is 0.0833. The molecule has 0 aliphatic carbocycles. The van der Waals surface area contributed by atoms with Gasteiger partial charge in [0, 0.05) is 35.4 Å². The van der Waals surface area contributed by atoms with Crippen molar-refractivity contribution in [3.63, 3.8) is 0 Å². The van der Waals surface area contributed by atoms with Gasteiger partial charge in [0.05, 0.1) is 6.20 Å². The molecule has 3 aromatic heterocycles. The van der Waals surface area contributed by atoms with Gasteiger partial charge >= 0.3 is 0 Å². The minimum Gasteiger partial charge on any atom is -0.343 e. The molecule has 0 aliphatic heterocycles. The summed E-state index contributed by atoms with van der Waals surface area (Å²) in [5.41, 5.74) is 3.99. The smallest absolute Gasteiger partial charge is 0.155 e. The molecule has 0 bridgehead atoms. The molecule has 84 valence electrons. The van der Waals surface area contributed by atoms with Gasteiger partial charge < -0.3 is 4.98 Å². The van der Waals surface area contributed by atoms with Crippen molar-refractivity contribution < 1.29 is 0 Å². The van der Waals surface area contributed by atoms with Crippen molar-refractivity contribution in [1.29, 1.82) is 0 Å². The standard InChI is InChI=1S/C12H11N5/c1-8-10(7-16-17-8)9-2-3-11(15-6-9)12-13-4-5-14-12/h2-7H,1H3,(H,13,14)(H,16,17). The fourth-order valence-corrected chi connectivity index (χ4v) is 1.74. The van der Waals surface area contributed by atoms with E-state index in [4.69, 9.17) is 0 Å². The van der Waals surface area contributed by atoms with Crippen LogP contribution in [-0.4, -0.2) is 25.1 Å². The predicted molar refractivity (Wildman–Crippen MR) is 64.1 cm³/mol. The maximum atomic E-state index is 4.38. The van der Waals surface area contributed by atoms with Gasteiger partial charge in [-0.2, -0.15) is 5.10 Å². The van der Waals surface area contributed by atoms with Crippen molar-refractivity contribution in [3.05, 3.63) is 42.6 Å².